The van der Waals surface area contributed by atoms with Gasteiger partial charge in [0.15, 0.2) is 5.78 Å². The first-order valence-corrected chi connectivity index (χ1v) is 8.76. The van der Waals surface area contributed by atoms with Crippen molar-refractivity contribution < 1.29 is 13.6 Å². The molecular formula is C19H17FN2O2S. The van der Waals surface area contributed by atoms with Crippen LogP contribution in [0.5, 0.6) is 0 Å². The number of halogens is 1. The number of ketones is 1. The summed E-state index contributed by atoms with van der Waals surface area (Å²) >= 11 is 1.20. The summed E-state index contributed by atoms with van der Waals surface area (Å²) in [6, 6.07) is 9.75. The molecule has 6 heteroatoms. The number of aromatic nitrogens is 2. The topological polar surface area (TPSA) is 56.0 Å². The molecule has 0 fully saturated rings. The van der Waals surface area contributed by atoms with E-state index in [1.54, 1.807) is 12.1 Å². The summed E-state index contributed by atoms with van der Waals surface area (Å²) in [6.07, 6.45) is 0. The fraction of sp³-hybridized carbons (Fsp3) is 0.211. The summed E-state index contributed by atoms with van der Waals surface area (Å²) in [5, 5.41) is 8.19. The highest BCUT2D eigenvalue weighted by Crippen LogP contribution is 2.25. The van der Waals surface area contributed by atoms with Crippen molar-refractivity contribution in [2.75, 3.05) is 5.75 Å². The molecule has 2 aromatic carbocycles. The Bertz CT molecular complexity index is 920. The SMILES string of the molecule is Cc1cc(C)c(C(=O)CSc2nnc(-c3ccc(F)cc3)o2)cc1C. The molecule has 0 aliphatic rings. The maximum absolute atomic E-state index is 13.0. The highest BCUT2D eigenvalue weighted by atomic mass is 32.2. The third kappa shape index (κ3) is 3.96. The van der Waals surface area contributed by atoms with Crippen molar-refractivity contribution in [3.63, 3.8) is 0 Å². The molecule has 25 heavy (non-hydrogen) atoms. The lowest BCUT2D eigenvalue weighted by molar-refractivity contribution is 0.102. The van der Waals surface area contributed by atoms with Gasteiger partial charge in [-0.2, -0.15) is 0 Å². The predicted octanol–water partition coefficient (Wildman–Crippen LogP) is 4.78. The largest absolute Gasteiger partial charge is 0.411 e. The fourth-order valence-electron chi connectivity index (χ4n) is 2.44. The molecule has 1 heterocycles. The normalized spacial score (nSPS) is 10.9. The maximum atomic E-state index is 13.0. The van der Waals surface area contributed by atoms with Crippen LogP contribution < -0.4 is 0 Å². The Morgan fingerprint density at radius 2 is 1.72 bits per heavy atom. The third-order valence-corrected chi connectivity index (χ3v) is 4.78. The lowest BCUT2D eigenvalue weighted by Gasteiger charge is -2.08. The van der Waals surface area contributed by atoms with Gasteiger partial charge in [0.25, 0.3) is 5.22 Å². The van der Waals surface area contributed by atoms with Crippen LogP contribution in [-0.2, 0) is 0 Å². The van der Waals surface area contributed by atoms with Crippen molar-refractivity contribution in [2.24, 2.45) is 0 Å². The van der Waals surface area contributed by atoms with E-state index < -0.39 is 0 Å². The number of hydrogen-bond acceptors (Lipinski definition) is 5. The summed E-state index contributed by atoms with van der Waals surface area (Å²) in [6.45, 7) is 5.95. The van der Waals surface area contributed by atoms with Crippen LogP contribution in [0.1, 0.15) is 27.0 Å². The Morgan fingerprint density at radius 1 is 1.04 bits per heavy atom. The van der Waals surface area contributed by atoms with Crippen LogP contribution in [0.4, 0.5) is 4.39 Å². The van der Waals surface area contributed by atoms with Crippen LogP contribution in [0.3, 0.4) is 0 Å². The van der Waals surface area contributed by atoms with Gasteiger partial charge in [-0.05, 0) is 67.8 Å². The molecule has 4 nitrogen and oxygen atoms in total. The molecule has 0 spiro atoms. The van der Waals surface area contributed by atoms with Gasteiger partial charge in [0.1, 0.15) is 5.82 Å². The molecule has 0 N–H and O–H groups in total. The van der Waals surface area contributed by atoms with Crippen LogP contribution in [0.2, 0.25) is 0 Å². The Morgan fingerprint density at radius 3 is 2.44 bits per heavy atom. The van der Waals surface area contributed by atoms with E-state index in [2.05, 4.69) is 10.2 Å². The van der Waals surface area contributed by atoms with Crippen LogP contribution in [-0.4, -0.2) is 21.7 Å². The van der Waals surface area contributed by atoms with Crippen molar-refractivity contribution in [2.45, 2.75) is 26.0 Å². The molecule has 0 amide bonds. The minimum Gasteiger partial charge on any atom is -0.411 e. The summed E-state index contributed by atoms with van der Waals surface area (Å²) in [4.78, 5) is 12.5. The first-order chi connectivity index (χ1) is 11.9. The van der Waals surface area contributed by atoms with Crippen LogP contribution in [0, 0.1) is 26.6 Å². The predicted molar refractivity (Wildman–Crippen MR) is 95.4 cm³/mol. The zero-order chi connectivity index (χ0) is 18.0. The number of aryl methyl sites for hydroxylation is 3. The van der Waals surface area contributed by atoms with Gasteiger partial charge in [-0.15, -0.1) is 10.2 Å². The Hall–Kier alpha value is -2.47. The molecule has 3 rings (SSSR count). The third-order valence-electron chi connectivity index (χ3n) is 3.97. The number of nitrogens with zero attached hydrogens (tertiary/aromatic N) is 2. The maximum Gasteiger partial charge on any atom is 0.277 e. The average Bonchev–Trinajstić information content (AvgIpc) is 3.05. The van der Waals surface area contributed by atoms with E-state index in [0.717, 1.165) is 11.1 Å². The quantitative estimate of drug-likeness (QED) is 0.486. The standard InChI is InChI=1S/C19H17FN2O2S/c1-11-8-13(3)16(9-12(11)2)17(23)10-25-19-22-21-18(24-19)14-4-6-15(20)7-5-14/h4-9H,10H2,1-3H3. The highest BCUT2D eigenvalue weighted by molar-refractivity contribution is 7.99. The molecular weight excluding hydrogens is 339 g/mol. The molecule has 0 aliphatic heterocycles. The summed E-state index contributed by atoms with van der Waals surface area (Å²) in [5.41, 5.74) is 4.58. The first-order valence-electron chi connectivity index (χ1n) is 7.77. The van der Waals surface area contributed by atoms with E-state index in [1.165, 1.54) is 29.5 Å². The molecule has 3 aromatic rings. The summed E-state index contributed by atoms with van der Waals surface area (Å²) < 4.78 is 18.5. The van der Waals surface area contributed by atoms with Gasteiger partial charge in [0.05, 0.1) is 5.75 Å². The van der Waals surface area contributed by atoms with Gasteiger partial charge in [-0.1, -0.05) is 17.8 Å². The molecule has 0 unspecified atom stereocenters. The van der Waals surface area contributed by atoms with Crippen molar-refractivity contribution in [3.05, 3.63) is 64.5 Å². The number of benzene rings is 2. The van der Waals surface area contributed by atoms with Crippen molar-refractivity contribution >= 4 is 17.5 Å². The van der Waals surface area contributed by atoms with Gasteiger partial charge in [0.2, 0.25) is 5.89 Å². The van der Waals surface area contributed by atoms with E-state index in [4.69, 9.17) is 4.42 Å². The first kappa shape index (κ1) is 17.4. The van der Waals surface area contributed by atoms with Gasteiger partial charge in [-0.25, -0.2) is 4.39 Å². The molecule has 128 valence electrons. The zero-order valence-electron chi connectivity index (χ0n) is 14.2. The second kappa shape index (κ2) is 7.19. The second-order valence-corrected chi connectivity index (χ2v) is 6.77. The summed E-state index contributed by atoms with van der Waals surface area (Å²) in [7, 11) is 0. The average molecular weight is 356 g/mol. The monoisotopic (exact) mass is 356 g/mol. The number of thioether (sulfide) groups is 1. The minimum absolute atomic E-state index is 0.0205. The molecule has 0 atom stereocenters. The van der Waals surface area contributed by atoms with Gasteiger partial charge in [-0.3, -0.25) is 4.79 Å². The van der Waals surface area contributed by atoms with Gasteiger partial charge >= 0.3 is 0 Å². The smallest absolute Gasteiger partial charge is 0.277 e. The van der Waals surface area contributed by atoms with Crippen molar-refractivity contribution in [1.29, 1.82) is 0 Å². The summed E-state index contributed by atoms with van der Waals surface area (Å²) in [5.74, 6) is 0.214. The lowest BCUT2D eigenvalue weighted by Crippen LogP contribution is -2.06. The van der Waals surface area contributed by atoms with Gasteiger partial charge < -0.3 is 4.42 Å². The lowest BCUT2D eigenvalue weighted by atomic mass is 9.99. The van der Waals surface area contributed by atoms with E-state index >= 15 is 0 Å². The highest BCUT2D eigenvalue weighted by Gasteiger charge is 2.14. The van der Waals surface area contributed by atoms with Crippen LogP contribution >= 0.6 is 11.8 Å². The fourth-order valence-corrected chi connectivity index (χ4v) is 3.09. The number of carbonyl (C=O) groups is 1. The zero-order valence-corrected chi connectivity index (χ0v) is 15.0. The second-order valence-electron chi connectivity index (χ2n) is 5.84. The van der Waals surface area contributed by atoms with Gasteiger partial charge in [0, 0.05) is 11.1 Å². The van der Waals surface area contributed by atoms with Crippen LogP contribution in [0.25, 0.3) is 11.5 Å². The molecule has 0 saturated heterocycles. The van der Waals surface area contributed by atoms with Crippen molar-refractivity contribution in [1.82, 2.24) is 10.2 Å². The molecule has 1 aromatic heterocycles. The molecule has 0 bridgehead atoms. The Kier molecular flexibility index (Phi) is 4.99. The van der Waals surface area contributed by atoms with Crippen LogP contribution in [0.15, 0.2) is 46.0 Å². The Labute approximate surface area is 149 Å². The number of carbonyl (C=O) groups excluding carboxylic acids is 1. The van der Waals surface area contributed by atoms with E-state index in [1.807, 2.05) is 32.9 Å². The Balaban J connectivity index is 1.69. The van der Waals surface area contributed by atoms with E-state index in [9.17, 15) is 9.18 Å². The number of rotatable bonds is 5. The minimum atomic E-state index is -0.327. The molecule has 0 aliphatic carbocycles. The molecule has 0 saturated carbocycles. The van der Waals surface area contributed by atoms with E-state index in [0.29, 0.717) is 22.2 Å². The molecule has 0 radical (unpaired) electrons. The van der Waals surface area contributed by atoms with Crippen molar-refractivity contribution in [3.8, 4) is 11.5 Å². The van der Waals surface area contributed by atoms with E-state index in [-0.39, 0.29) is 17.4 Å². The number of hydrogen-bond donors (Lipinski definition) is 0. The number of Topliss-reactive ketones (excluding diaryl/α,β-unsaturated/α-hetero) is 1.